The van der Waals surface area contributed by atoms with Gasteiger partial charge in [-0.1, -0.05) is 30.3 Å². The summed E-state index contributed by atoms with van der Waals surface area (Å²) < 4.78 is 38.0. The summed E-state index contributed by atoms with van der Waals surface area (Å²) in [6, 6.07) is 13.6. The largest absolute Gasteiger partial charge is 0.446 e. The van der Waals surface area contributed by atoms with E-state index in [0.717, 1.165) is 10.5 Å². The molecule has 1 aromatic heterocycles. The maximum absolute atomic E-state index is 13.6. The number of halogens is 3. The smallest absolute Gasteiger partial charge is 0.347 e. The number of thioether (sulfide) groups is 1. The lowest BCUT2D eigenvalue weighted by Gasteiger charge is -2.34. The van der Waals surface area contributed by atoms with Crippen LogP contribution in [0.2, 0.25) is 0 Å². The number of anilines is 1. The Kier molecular flexibility index (Phi) is 5.96. The molecule has 1 saturated heterocycles. The summed E-state index contributed by atoms with van der Waals surface area (Å²) in [5, 5.41) is 0. The molecule has 4 rings (SSSR count). The standard InChI is InChI=1S/C23H21F3N4O2S/c1-22(2)20(31)29(16-8-10-17(11-9-16)33-23(24,25)26)21(32)30(22)18(19-27-12-13-28-19)14-15-6-4-3-5-7-15/h3-13,18H,14H2,1-2H3,(H,27,28). The third-order valence-corrected chi connectivity index (χ3v) is 6.21. The maximum Gasteiger partial charge on any atom is 0.446 e. The fraction of sp³-hybridized carbons (Fsp3) is 0.261. The number of hydrogen-bond donors (Lipinski definition) is 1. The van der Waals surface area contributed by atoms with Crippen molar-refractivity contribution in [2.24, 2.45) is 0 Å². The van der Waals surface area contributed by atoms with Crippen molar-refractivity contribution in [3.63, 3.8) is 0 Å². The lowest BCUT2D eigenvalue weighted by Crippen LogP contribution is -2.47. The SMILES string of the molecule is CC1(C)C(=O)N(c2ccc(SC(F)(F)F)cc2)C(=O)N1C(Cc1ccccc1)c1ncc[nH]1. The summed E-state index contributed by atoms with van der Waals surface area (Å²) in [5.74, 6) is 0.0696. The number of rotatable bonds is 6. The molecule has 3 amide bonds. The van der Waals surface area contributed by atoms with Crippen molar-refractivity contribution in [1.29, 1.82) is 0 Å². The van der Waals surface area contributed by atoms with Gasteiger partial charge >= 0.3 is 11.5 Å². The highest BCUT2D eigenvalue weighted by Gasteiger charge is 2.55. The summed E-state index contributed by atoms with van der Waals surface area (Å²) >= 11 is -0.253. The Labute approximate surface area is 192 Å². The first-order valence-electron chi connectivity index (χ1n) is 10.1. The highest BCUT2D eigenvalue weighted by molar-refractivity contribution is 8.00. The van der Waals surface area contributed by atoms with Gasteiger partial charge < -0.3 is 4.98 Å². The minimum atomic E-state index is -4.42. The highest BCUT2D eigenvalue weighted by Crippen LogP contribution is 2.41. The van der Waals surface area contributed by atoms with Crippen molar-refractivity contribution < 1.29 is 22.8 Å². The molecular weight excluding hydrogens is 453 g/mol. The molecular formula is C23H21F3N4O2S. The minimum absolute atomic E-state index is 0.0287. The van der Waals surface area contributed by atoms with Crippen molar-refractivity contribution in [3.8, 4) is 0 Å². The lowest BCUT2D eigenvalue weighted by molar-refractivity contribution is -0.124. The van der Waals surface area contributed by atoms with Crippen LogP contribution >= 0.6 is 11.8 Å². The number of carbonyl (C=O) groups is 2. The van der Waals surface area contributed by atoms with Crippen molar-refractivity contribution >= 4 is 29.4 Å². The molecule has 172 valence electrons. The van der Waals surface area contributed by atoms with Crippen molar-refractivity contribution in [1.82, 2.24) is 14.9 Å². The van der Waals surface area contributed by atoms with Gasteiger partial charge in [-0.15, -0.1) is 0 Å². The zero-order chi connectivity index (χ0) is 23.8. The predicted molar refractivity (Wildman–Crippen MR) is 119 cm³/mol. The van der Waals surface area contributed by atoms with E-state index in [0.29, 0.717) is 12.2 Å². The topological polar surface area (TPSA) is 69.3 Å². The highest BCUT2D eigenvalue weighted by atomic mass is 32.2. The number of imidazole rings is 1. The van der Waals surface area contributed by atoms with E-state index in [2.05, 4.69) is 9.97 Å². The predicted octanol–water partition coefficient (Wildman–Crippen LogP) is 5.55. The Bertz CT molecular complexity index is 1130. The quantitative estimate of drug-likeness (QED) is 0.376. The molecule has 2 heterocycles. The number of amides is 3. The molecule has 33 heavy (non-hydrogen) atoms. The number of benzene rings is 2. The van der Waals surface area contributed by atoms with Crippen LogP contribution in [0.3, 0.4) is 0 Å². The number of nitrogens with zero attached hydrogens (tertiary/aromatic N) is 3. The Hall–Kier alpha value is -3.27. The first-order chi connectivity index (χ1) is 15.6. The van der Waals surface area contributed by atoms with E-state index in [9.17, 15) is 22.8 Å². The third-order valence-electron chi connectivity index (χ3n) is 5.47. The summed E-state index contributed by atoms with van der Waals surface area (Å²) in [7, 11) is 0. The van der Waals surface area contributed by atoms with Gasteiger partial charge in [-0.2, -0.15) is 13.2 Å². The van der Waals surface area contributed by atoms with Gasteiger partial charge in [-0.3, -0.25) is 9.69 Å². The lowest BCUT2D eigenvalue weighted by atomic mass is 9.97. The molecule has 1 atom stereocenters. The third kappa shape index (κ3) is 4.61. The summed E-state index contributed by atoms with van der Waals surface area (Å²) in [6.07, 6.45) is 3.65. The van der Waals surface area contributed by atoms with Gasteiger partial charge in [0.05, 0.1) is 11.7 Å². The van der Waals surface area contributed by atoms with Crippen molar-refractivity contribution in [3.05, 3.63) is 78.4 Å². The zero-order valence-corrected chi connectivity index (χ0v) is 18.7. The number of imide groups is 1. The van der Waals surface area contributed by atoms with Gasteiger partial charge in [0.1, 0.15) is 11.4 Å². The number of aromatic nitrogens is 2. The van der Waals surface area contributed by atoms with Gasteiger partial charge in [0.15, 0.2) is 0 Å². The number of alkyl halides is 3. The average molecular weight is 475 g/mol. The van der Waals surface area contributed by atoms with E-state index in [1.165, 1.54) is 29.2 Å². The molecule has 0 bridgehead atoms. The fourth-order valence-electron chi connectivity index (χ4n) is 3.97. The van der Waals surface area contributed by atoms with Crippen LogP contribution in [0.15, 0.2) is 71.9 Å². The molecule has 3 aromatic rings. The van der Waals surface area contributed by atoms with Gasteiger partial charge in [0.2, 0.25) is 0 Å². The molecule has 6 nitrogen and oxygen atoms in total. The molecule has 0 saturated carbocycles. The van der Waals surface area contributed by atoms with Gasteiger partial charge in [0, 0.05) is 23.7 Å². The zero-order valence-electron chi connectivity index (χ0n) is 17.8. The molecule has 0 radical (unpaired) electrons. The van der Waals surface area contributed by atoms with Crippen LogP contribution in [0, 0.1) is 0 Å². The molecule has 1 aliphatic heterocycles. The second-order valence-corrected chi connectivity index (χ2v) is 9.21. The average Bonchev–Trinajstić information content (AvgIpc) is 3.34. The Morgan fingerprint density at radius 1 is 1.06 bits per heavy atom. The van der Waals surface area contributed by atoms with Crippen LogP contribution in [0.4, 0.5) is 23.7 Å². The van der Waals surface area contributed by atoms with E-state index in [1.54, 1.807) is 26.2 Å². The van der Waals surface area contributed by atoms with Gasteiger partial charge in [-0.25, -0.2) is 14.7 Å². The van der Waals surface area contributed by atoms with Crippen LogP contribution in [0.1, 0.15) is 31.3 Å². The molecule has 1 N–H and O–H groups in total. The monoisotopic (exact) mass is 474 g/mol. The number of urea groups is 1. The summed E-state index contributed by atoms with van der Waals surface area (Å²) in [5.41, 5.74) is -4.46. The van der Waals surface area contributed by atoms with Gasteiger partial charge in [0.25, 0.3) is 5.91 Å². The van der Waals surface area contributed by atoms with E-state index in [-0.39, 0.29) is 22.3 Å². The summed E-state index contributed by atoms with van der Waals surface area (Å²) in [4.78, 5) is 36.8. The normalized spacial score (nSPS) is 17.0. The second kappa shape index (κ2) is 8.58. The molecule has 0 aliphatic carbocycles. The van der Waals surface area contributed by atoms with E-state index in [4.69, 9.17) is 0 Å². The van der Waals surface area contributed by atoms with E-state index >= 15 is 0 Å². The van der Waals surface area contributed by atoms with Crippen molar-refractivity contribution in [2.45, 2.75) is 42.3 Å². The van der Waals surface area contributed by atoms with E-state index < -0.39 is 29.0 Å². The number of carbonyl (C=O) groups excluding carboxylic acids is 2. The molecule has 10 heteroatoms. The number of hydrogen-bond acceptors (Lipinski definition) is 4. The van der Waals surface area contributed by atoms with Crippen LogP contribution in [0.5, 0.6) is 0 Å². The number of nitrogens with one attached hydrogen (secondary N) is 1. The first kappa shape index (κ1) is 22.9. The molecule has 1 unspecified atom stereocenters. The molecule has 0 spiro atoms. The minimum Gasteiger partial charge on any atom is -0.347 e. The Morgan fingerprint density at radius 2 is 1.73 bits per heavy atom. The number of aromatic amines is 1. The summed E-state index contributed by atoms with van der Waals surface area (Å²) in [6.45, 7) is 3.31. The second-order valence-electron chi connectivity index (χ2n) is 8.07. The van der Waals surface area contributed by atoms with Crippen LogP contribution in [-0.4, -0.2) is 37.9 Å². The Morgan fingerprint density at radius 3 is 2.30 bits per heavy atom. The first-order valence-corrected chi connectivity index (χ1v) is 11.0. The maximum atomic E-state index is 13.6. The molecule has 1 fully saturated rings. The van der Waals surface area contributed by atoms with E-state index in [1.807, 2.05) is 30.3 Å². The van der Waals surface area contributed by atoms with Gasteiger partial charge in [-0.05, 0) is 55.4 Å². The van der Waals surface area contributed by atoms with Crippen molar-refractivity contribution in [2.75, 3.05) is 4.90 Å². The fourth-order valence-corrected chi connectivity index (χ4v) is 4.50. The molecule has 2 aromatic carbocycles. The van der Waals surface area contributed by atoms with Crippen LogP contribution < -0.4 is 4.90 Å². The Balaban J connectivity index is 1.68. The number of H-pyrrole nitrogens is 1. The van der Waals surface area contributed by atoms with Crippen LogP contribution in [-0.2, 0) is 11.2 Å². The molecule has 1 aliphatic rings. The van der Waals surface area contributed by atoms with Crippen LogP contribution in [0.25, 0.3) is 0 Å².